The fraction of sp³-hybridized carbons (Fsp3) is 0.333. The summed E-state index contributed by atoms with van der Waals surface area (Å²) in [6.07, 6.45) is 3.20. The van der Waals surface area contributed by atoms with Crippen molar-refractivity contribution < 1.29 is 19.0 Å². The van der Waals surface area contributed by atoms with Crippen molar-refractivity contribution in [1.29, 1.82) is 0 Å². The number of carbonyl (C=O) groups is 1. The molecule has 7 nitrogen and oxygen atoms in total. The summed E-state index contributed by atoms with van der Waals surface area (Å²) in [4.78, 5) is 16.1. The van der Waals surface area contributed by atoms with Gasteiger partial charge >= 0.3 is 6.03 Å². The number of nitrogens with one attached hydrogen (secondary N) is 2. The lowest BCUT2D eigenvalue weighted by Gasteiger charge is -2.17. The van der Waals surface area contributed by atoms with Crippen LogP contribution in [0, 0.1) is 0 Å². The maximum Gasteiger partial charge on any atom is 0.323 e. The average molecular weight is 345 g/mol. The zero-order chi connectivity index (χ0) is 18.1. The number of ether oxygens (including phenoxy) is 3. The van der Waals surface area contributed by atoms with Gasteiger partial charge in [0.25, 0.3) is 0 Å². The minimum Gasteiger partial charge on any atom is -0.490 e. The Morgan fingerprint density at radius 1 is 0.960 bits per heavy atom. The lowest BCUT2D eigenvalue weighted by atomic mass is 10.2. The smallest absolute Gasteiger partial charge is 0.323 e. The van der Waals surface area contributed by atoms with E-state index in [0.717, 1.165) is 0 Å². The molecule has 2 aromatic rings. The second-order valence-electron chi connectivity index (χ2n) is 4.92. The predicted octanol–water partition coefficient (Wildman–Crippen LogP) is 3.92. The Hall–Kier alpha value is -2.96. The molecule has 1 heterocycles. The molecule has 1 aromatic heterocycles. The number of hydrogen-bond donors (Lipinski definition) is 2. The van der Waals surface area contributed by atoms with Gasteiger partial charge in [-0.25, -0.2) is 4.79 Å². The van der Waals surface area contributed by atoms with E-state index in [2.05, 4.69) is 15.6 Å². The van der Waals surface area contributed by atoms with E-state index < -0.39 is 0 Å². The Bertz CT molecular complexity index is 665. The summed E-state index contributed by atoms with van der Waals surface area (Å²) in [5.41, 5.74) is 1.14. The number of urea groups is 1. The Labute approximate surface area is 147 Å². The minimum absolute atomic E-state index is 0.387. The Kier molecular flexibility index (Phi) is 6.88. The lowest BCUT2D eigenvalue weighted by molar-refractivity contribution is 0.260. The largest absolute Gasteiger partial charge is 0.490 e. The SMILES string of the molecule is CCOc1cc(NC(=O)Nc2cccnc2)cc(OCC)c1OCC. The first-order chi connectivity index (χ1) is 12.2. The number of anilines is 2. The van der Waals surface area contributed by atoms with E-state index in [1.54, 1.807) is 36.7 Å². The summed E-state index contributed by atoms with van der Waals surface area (Å²) < 4.78 is 16.9. The molecule has 7 heteroatoms. The minimum atomic E-state index is -0.387. The van der Waals surface area contributed by atoms with Crippen molar-refractivity contribution in [2.75, 3.05) is 30.5 Å². The third-order valence-corrected chi connectivity index (χ3v) is 3.09. The molecular formula is C18H23N3O4. The first kappa shape index (κ1) is 18.4. The van der Waals surface area contributed by atoms with Gasteiger partial charge in [0, 0.05) is 18.3 Å². The van der Waals surface area contributed by atoms with Crippen LogP contribution in [0.25, 0.3) is 0 Å². The molecule has 0 radical (unpaired) electrons. The summed E-state index contributed by atoms with van der Waals surface area (Å²) in [7, 11) is 0. The standard InChI is InChI=1S/C18H23N3O4/c1-4-23-15-10-14(11-16(24-5-2)17(15)25-6-3)21-18(22)20-13-8-7-9-19-12-13/h7-12H,4-6H2,1-3H3,(H2,20,21,22). The molecule has 2 rings (SSSR count). The number of carbonyl (C=O) groups excluding carboxylic acids is 1. The molecule has 1 aromatic carbocycles. The summed E-state index contributed by atoms with van der Waals surface area (Å²) in [6, 6.07) is 6.52. The van der Waals surface area contributed by atoms with Crippen molar-refractivity contribution >= 4 is 17.4 Å². The molecule has 0 saturated carbocycles. The summed E-state index contributed by atoms with van der Waals surface area (Å²) >= 11 is 0. The van der Waals surface area contributed by atoms with E-state index in [-0.39, 0.29) is 6.03 Å². The zero-order valence-corrected chi connectivity index (χ0v) is 14.7. The van der Waals surface area contributed by atoms with E-state index in [9.17, 15) is 4.79 Å². The molecular weight excluding hydrogens is 322 g/mol. The van der Waals surface area contributed by atoms with Crippen LogP contribution in [0.4, 0.5) is 16.2 Å². The van der Waals surface area contributed by atoms with Crippen LogP contribution in [0.1, 0.15) is 20.8 Å². The van der Waals surface area contributed by atoms with Gasteiger partial charge in [-0.3, -0.25) is 4.98 Å². The molecule has 2 amide bonds. The third-order valence-electron chi connectivity index (χ3n) is 3.09. The molecule has 0 saturated heterocycles. The second kappa shape index (κ2) is 9.36. The number of pyridine rings is 1. The first-order valence-electron chi connectivity index (χ1n) is 8.22. The molecule has 0 aliphatic rings. The maximum atomic E-state index is 12.2. The van der Waals surface area contributed by atoms with Crippen molar-refractivity contribution in [1.82, 2.24) is 4.98 Å². The first-order valence-corrected chi connectivity index (χ1v) is 8.22. The van der Waals surface area contributed by atoms with E-state index in [0.29, 0.717) is 48.4 Å². The van der Waals surface area contributed by atoms with Gasteiger partial charge in [-0.1, -0.05) is 0 Å². The molecule has 25 heavy (non-hydrogen) atoms. The van der Waals surface area contributed by atoms with Crippen molar-refractivity contribution in [2.24, 2.45) is 0 Å². The highest BCUT2D eigenvalue weighted by atomic mass is 16.5. The van der Waals surface area contributed by atoms with Gasteiger partial charge in [0.05, 0.1) is 37.4 Å². The van der Waals surface area contributed by atoms with Crippen molar-refractivity contribution in [3.63, 3.8) is 0 Å². The van der Waals surface area contributed by atoms with E-state index in [1.165, 1.54) is 0 Å². The van der Waals surface area contributed by atoms with E-state index >= 15 is 0 Å². The van der Waals surface area contributed by atoms with Gasteiger partial charge in [0.1, 0.15) is 0 Å². The second-order valence-corrected chi connectivity index (χ2v) is 4.92. The molecule has 0 atom stereocenters. The van der Waals surface area contributed by atoms with Crippen LogP contribution >= 0.6 is 0 Å². The molecule has 0 unspecified atom stereocenters. The van der Waals surface area contributed by atoms with Gasteiger partial charge in [-0.15, -0.1) is 0 Å². The van der Waals surface area contributed by atoms with Crippen LogP contribution in [0.15, 0.2) is 36.7 Å². The monoisotopic (exact) mass is 345 g/mol. The predicted molar refractivity (Wildman–Crippen MR) is 96.8 cm³/mol. The maximum absolute atomic E-state index is 12.2. The van der Waals surface area contributed by atoms with Crippen molar-refractivity contribution in [2.45, 2.75) is 20.8 Å². The highest BCUT2D eigenvalue weighted by Gasteiger charge is 2.16. The van der Waals surface area contributed by atoms with E-state index in [1.807, 2.05) is 20.8 Å². The van der Waals surface area contributed by atoms with Gasteiger partial charge in [0.2, 0.25) is 5.75 Å². The molecule has 0 aliphatic heterocycles. The molecule has 0 spiro atoms. The Balaban J connectivity index is 2.22. The summed E-state index contributed by atoms with van der Waals surface area (Å²) in [5, 5.41) is 5.47. The number of hydrogen-bond acceptors (Lipinski definition) is 5. The topological polar surface area (TPSA) is 81.7 Å². The number of amides is 2. The molecule has 2 N–H and O–H groups in total. The normalized spacial score (nSPS) is 10.0. The summed E-state index contributed by atoms with van der Waals surface area (Å²) in [5.74, 6) is 1.57. The molecule has 0 bridgehead atoms. The van der Waals surface area contributed by atoms with Gasteiger partial charge in [-0.05, 0) is 32.9 Å². The Morgan fingerprint density at radius 3 is 2.08 bits per heavy atom. The van der Waals surface area contributed by atoms with E-state index in [4.69, 9.17) is 14.2 Å². The van der Waals surface area contributed by atoms with Gasteiger partial charge in [-0.2, -0.15) is 0 Å². The highest BCUT2D eigenvalue weighted by molar-refractivity contribution is 6.00. The quantitative estimate of drug-likeness (QED) is 0.758. The average Bonchev–Trinajstić information content (AvgIpc) is 2.59. The number of rotatable bonds is 8. The van der Waals surface area contributed by atoms with Crippen LogP contribution in [-0.4, -0.2) is 30.8 Å². The molecule has 134 valence electrons. The number of benzene rings is 1. The van der Waals surface area contributed by atoms with Crippen molar-refractivity contribution in [3.8, 4) is 17.2 Å². The Morgan fingerprint density at radius 2 is 1.56 bits per heavy atom. The third kappa shape index (κ3) is 5.27. The van der Waals surface area contributed by atoms with Crippen LogP contribution < -0.4 is 24.8 Å². The fourth-order valence-corrected chi connectivity index (χ4v) is 2.19. The van der Waals surface area contributed by atoms with Crippen LogP contribution in [0.2, 0.25) is 0 Å². The fourth-order valence-electron chi connectivity index (χ4n) is 2.19. The van der Waals surface area contributed by atoms with Crippen LogP contribution in [-0.2, 0) is 0 Å². The zero-order valence-electron chi connectivity index (χ0n) is 14.7. The van der Waals surface area contributed by atoms with Gasteiger partial charge < -0.3 is 24.8 Å². The number of nitrogens with zero attached hydrogens (tertiary/aromatic N) is 1. The van der Waals surface area contributed by atoms with Crippen LogP contribution in [0.5, 0.6) is 17.2 Å². The lowest BCUT2D eigenvalue weighted by Crippen LogP contribution is -2.19. The van der Waals surface area contributed by atoms with Crippen LogP contribution in [0.3, 0.4) is 0 Å². The van der Waals surface area contributed by atoms with Gasteiger partial charge in [0.15, 0.2) is 11.5 Å². The molecule has 0 aliphatic carbocycles. The molecule has 0 fully saturated rings. The van der Waals surface area contributed by atoms with Crippen molar-refractivity contribution in [3.05, 3.63) is 36.7 Å². The summed E-state index contributed by atoms with van der Waals surface area (Å²) in [6.45, 7) is 7.07. The number of aromatic nitrogens is 1. The highest BCUT2D eigenvalue weighted by Crippen LogP contribution is 2.40.